The van der Waals surface area contributed by atoms with E-state index in [0.29, 0.717) is 0 Å². The Kier molecular flexibility index (Phi) is 3.62. The lowest BCUT2D eigenvalue weighted by Gasteiger charge is -2.06. The fourth-order valence-corrected chi connectivity index (χ4v) is 1.25. The zero-order chi connectivity index (χ0) is 10.7. The summed E-state index contributed by atoms with van der Waals surface area (Å²) in [5.41, 5.74) is -0.377. The fraction of sp³-hybridized carbons (Fsp3) is 0.250. The highest BCUT2D eigenvalue weighted by molar-refractivity contribution is 6.41. The van der Waals surface area contributed by atoms with Gasteiger partial charge >= 0.3 is 0 Å². The van der Waals surface area contributed by atoms with E-state index >= 15 is 0 Å². The Hall–Kier alpha value is -0.920. The molecule has 0 radical (unpaired) electrons. The quantitative estimate of drug-likeness (QED) is 0.739. The maximum atomic E-state index is 12.4. The van der Waals surface area contributed by atoms with Gasteiger partial charge in [-0.1, -0.05) is 23.2 Å². The summed E-state index contributed by atoms with van der Waals surface area (Å²) in [5, 5.41) is 8.28. The van der Waals surface area contributed by atoms with Crippen molar-refractivity contribution < 1.29 is 8.78 Å². The van der Waals surface area contributed by atoms with Crippen molar-refractivity contribution in [2.24, 2.45) is 0 Å². The van der Waals surface area contributed by atoms with Gasteiger partial charge < -0.3 is 0 Å². The number of halogens is 4. The molecule has 2 nitrogen and oxygen atoms in total. The number of alkyl halides is 2. The monoisotopic (exact) mass is 236 g/mol. The lowest BCUT2D eigenvalue weighted by molar-refractivity contribution is 0.145. The van der Waals surface area contributed by atoms with Crippen molar-refractivity contribution in [2.45, 2.75) is 12.8 Å². The maximum Gasteiger partial charge on any atom is 0.280 e. The first-order valence-corrected chi connectivity index (χ1v) is 4.31. The molecule has 0 N–H and O–H groups in total. The highest BCUT2D eigenvalue weighted by atomic mass is 35.5. The van der Waals surface area contributed by atoms with E-state index in [9.17, 15) is 8.78 Å². The van der Waals surface area contributed by atoms with E-state index in [0.717, 1.165) is 0 Å². The van der Waals surface area contributed by atoms with Crippen molar-refractivity contribution in [3.63, 3.8) is 0 Å². The molecule has 6 heteroatoms. The van der Waals surface area contributed by atoms with Crippen molar-refractivity contribution in [1.29, 1.82) is 5.26 Å². The van der Waals surface area contributed by atoms with E-state index in [4.69, 9.17) is 28.5 Å². The molecular weight excluding hydrogens is 233 g/mol. The topological polar surface area (TPSA) is 36.7 Å². The average molecular weight is 237 g/mol. The van der Waals surface area contributed by atoms with Crippen molar-refractivity contribution >= 4 is 23.2 Å². The van der Waals surface area contributed by atoms with Crippen molar-refractivity contribution in [2.75, 3.05) is 0 Å². The first kappa shape index (κ1) is 11.2. The molecule has 0 bridgehead atoms. The van der Waals surface area contributed by atoms with Gasteiger partial charge in [-0.2, -0.15) is 5.26 Å². The Morgan fingerprint density at radius 2 is 2.14 bits per heavy atom. The van der Waals surface area contributed by atoms with Crippen LogP contribution in [-0.2, 0) is 6.42 Å². The molecular formula is C8H4Cl2F2N2. The molecule has 0 atom stereocenters. The summed E-state index contributed by atoms with van der Waals surface area (Å²) in [5.74, 6) is 0. The molecule has 0 amide bonds. The predicted octanol–water partition coefficient (Wildman–Crippen LogP) is 3.39. The molecule has 0 aliphatic carbocycles. The minimum absolute atomic E-state index is 0.0707. The van der Waals surface area contributed by atoms with Crippen molar-refractivity contribution in [3.05, 3.63) is 27.5 Å². The molecule has 74 valence electrons. The third-order valence-electron chi connectivity index (χ3n) is 1.52. The number of hydrogen-bond donors (Lipinski definition) is 0. The van der Waals surface area contributed by atoms with Gasteiger partial charge in [0.25, 0.3) is 6.43 Å². The summed E-state index contributed by atoms with van der Waals surface area (Å²) in [6, 6.07) is 2.99. The van der Waals surface area contributed by atoms with E-state index in [1.54, 1.807) is 6.07 Å². The number of rotatable bonds is 2. The summed E-state index contributed by atoms with van der Waals surface area (Å²) in [6.07, 6.45) is -2.92. The van der Waals surface area contributed by atoms with Crippen LogP contribution in [0.5, 0.6) is 0 Å². The number of nitrogens with zero attached hydrogens (tertiary/aromatic N) is 2. The van der Waals surface area contributed by atoms with Crippen LogP contribution in [0.1, 0.15) is 17.7 Å². The van der Waals surface area contributed by atoms with Crippen LogP contribution in [0.2, 0.25) is 10.2 Å². The van der Waals surface area contributed by atoms with Gasteiger partial charge in [-0.05, 0) is 11.6 Å². The summed E-state index contributed by atoms with van der Waals surface area (Å²) in [7, 11) is 0. The number of nitriles is 1. The van der Waals surface area contributed by atoms with Gasteiger partial charge in [-0.25, -0.2) is 13.8 Å². The molecule has 1 rings (SSSR count). The molecule has 0 aliphatic heterocycles. The second kappa shape index (κ2) is 4.54. The molecule has 0 aliphatic rings. The number of pyridine rings is 1. The van der Waals surface area contributed by atoms with Gasteiger partial charge in [0, 0.05) is 0 Å². The summed E-state index contributed by atoms with van der Waals surface area (Å²) >= 11 is 11.0. The Labute approximate surface area is 89.1 Å². The van der Waals surface area contributed by atoms with Crippen molar-refractivity contribution in [1.82, 2.24) is 4.98 Å². The van der Waals surface area contributed by atoms with Crippen LogP contribution in [-0.4, -0.2) is 4.98 Å². The standard InChI is InChI=1S/C8H4Cl2F2N2/c9-5-3-4(1-2-13)6(8(11)12)14-7(5)10/h3,8H,1H2. The lowest BCUT2D eigenvalue weighted by Crippen LogP contribution is -1.98. The van der Waals surface area contributed by atoms with Gasteiger partial charge in [-0.3, -0.25) is 0 Å². The molecule has 0 saturated carbocycles. The van der Waals surface area contributed by atoms with Crippen molar-refractivity contribution in [3.8, 4) is 6.07 Å². The predicted molar refractivity (Wildman–Crippen MR) is 48.5 cm³/mol. The molecule has 1 aromatic heterocycles. The van der Waals surface area contributed by atoms with Crippen LogP contribution in [0.25, 0.3) is 0 Å². The van der Waals surface area contributed by atoms with Gasteiger partial charge in [-0.15, -0.1) is 0 Å². The minimum Gasteiger partial charge on any atom is -0.233 e. The van der Waals surface area contributed by atoms with E-state index in [-0.39, 0.29) is 22.2 Å². The number of aromatic nitrogens is 1. The largest absolute Gasteiger partial charge is 0.280 e. The highest BCUT2D eigenvalue weighted by Gasteiger charge is 2.17. The Balaban J connectivity index is 3.25. The zero-order valence-electron chi connectivity index (χ0n) is 6.77. The van der Waals surface area contributed by atoms with E-state index in [1.807, 2.05) is 0 Å². The third-order valence-corrected chi connectivity index (χ3v) is 2.19. The Morgan fingerprint density at radius 3 is 2.64 bits per heavy atom. The SMILES string of the molecule is N#CCc1cc(Cl)c(Cl)nc1C(F)F. The van der Waals surface area contributed by atoms with Crippen LogP contribution < -0.4 is 0 Å². The maximum absolute atomic E-state index is 12.4. The van der Waals surface area contributed by atoms with Gasteiger partial charge in [0.2, 0.25) is 0 Å². The van der Waals surface area contributed by atoms with Crippen LogP contribution in [0.15, 0.2) is 6.07 Å². The summed E-state index contributed by atoms with van der Waals surface area (Å²) in [4.78, 5) is 3.42. The molecule has 14 heavy (non-hydrogen) atoms. The first-order valence-electron chi connectivity index (χ1n) is 3.56. The van der Waals surface area contributed by atoms with E-state index in [2.05, 4.69) is 4.98 Å². The van der Waals surface area contributed by atoms with Gasteiger partial charge in [0.05, 0.1) is 17.5 Å². The second-order valence-corrected chi connectivity index (χ2v) is 3.21. The molecule has 0 aromatic carbocycles. The van der Waals surface area contributed by atoms with Crippen LogP contribution >= 0.6 is 23.2 Å². The molecule has 0 fully saturated rings. The van der Waals surface area contributed by atoms with E-state index < -0.39 is 12.1 Å². The number of hydrogen-bond acceptors (Lipinski definition) is 2. The van der Waals surface area contributed by atoms with Crippen LogP contribution in [0.4, 0.5) is 8.78 Å². The first-order chi connectivity index (χ1) is 6.56. The fourth-order valence-electron chi connectivity index (χ4n) is 0.933. The van der Waals surface area contributed by atoms with Gasteiger partial charge in [0.1, 0.15) is 10.8 Å². The lowest BCUT2D eigenvalue weighted by atomic mass is 10.1. The third kappa shape index (κ3) is 2.31. The Morgan fingerprint density at radius 1 is 1.50 bits per heavy atom. The van der Waals surface area contributed by atoms with E-state index in [1.165, 1.54) is 6.07 Å². The molecule has 0 saturated heterocycles. The molecule has 0 unspecified atom stereocenters. The smallest absolute Gasteiger partial charge is 0.233 e. The Bertz CT molecular complexity index is 388. The summed E-state index contributed by atoms with van der Waals surface area (Å²) in [6.45, 7) is 0. The summed E-state index contributed by atoms with van der Waals surface area (Å²) < 4.78 is 24.8. The van der Waals surface area contributed by atoms with Crippen LogP contribution in [0, 0.1) is 11.3 Å². The molecule has 1 heterocycles. The minimum atomic E-state index is -2.76. The normalized spacial score (nSPS) is 10.3. The van der Waals surface area contributed by atoms with Gasteiger partial charge in [0.15, 0.2) is 0 Å². The highest BCUT2D eigenvalue weighted by Crippen LogP contribution is 2.28. The average Bonchev–Trinajstić information content (AvgIpc) is 2.11. The zero-order valence-corrected chi connectivity index (χ0v) is 8.28. The molecule has 1 aromatic rings. The second-order valence-electron chi connectivity index (χ2n) is 2.44. The van der Waals surface area contributed by atoms with Crippen LogP contribution in [0.3, 0.4) is 0 Å². The molecule has 0 spiro atoms.